The van der Waals surface area contributed by atoms with Crippen LogP contribution in [-0.4, -0.2) is 17.5 Å². The molecule has 0 saturated heterocycles. The fourth-order valence-corrected chi connectivity index (χ4v) is 1.90. The molecule has 0 aromatic heterocycles. The van der Waals surface area contributed by atoms with Gasteiger partial charge in [0, 0.05) is 16.5 Å². The molecular formula is C9H10ClFOS. The summed E-state index contributed by atoms with van der Waals surface area (Å²) in [6.07, 6.45) is 0. The van der Waals surface area contributed by atoms with Gasteiger partial charge in [-0.25, -0.2) is 4.39 Å². The van der Waals surface area contributed by atoms with Crippen molar-refractivity contribution in [1.82, 2.24) is 0 Å². The van der Waals surface area contributed by atoms with Gasteiger partial charge in [0.15, 0.2) is 0 Å². The van der Waals surface area contributed by atoms with E-state index in [1.807, 2.05) is 0 Å². The van der Waals surface area contributed by atoms with Crippen molar-refractivity contribution in [3.63, 3.8) is 0 Å². The van der Waals surface area contributed by atoms with E-state index in [-0.39, 0.29) is 12.4 Å². The minimum absolute atomic E-state index is 0.137. The molecule has 0 aliphatic heterocycles. The highest BCUT2D eigenvalue weighted by Crippen LogP contribution is 2.21. The summed E-state index contributed by atoms with van der Waals surface area (Å²) in [7, 11) is 0. The second-order valence-corrected chi connectivity index (χ2v) is 4.02. The monoisotopic (exact) mass is 220 g/mol. The van der Waals surface area contributed by atoms with Crippen molar-refractivity contribution in [3.05, 3.63) is 34.6 Å². The third-order valence-electron chi connectivity index (χ3n) is 1.50. The lowest BCUT2D eigenvalue weighted by atomic mass is 10.2. The highest BCUT2D eigenvalue weighted by Gasteiger charge is 2.01. The molecule has 1 rings (SSSR count). The second kappa shape index (κ2) is 5.47. The Balaban J connectivity index is 2.59. The molecule has 0 spiro atoms. The number of halogens is 2. The van der Waals surface area contributed by atoms with Gasteiger partial charge in [-0.3, -0.25) is 0 Å². The molecule has 0 radical (unpaired) electrons. The fraction of sp³-hybridized carbons (Fsp3) is 0.333. The van der Waals surface area contributed by atoms with Crippen LogP contribution in [0.2, 0.25) is 5.02 Å². The Hall–Kier alpha value is -0.250. The Morgan fingerprint density at radius 1 is 1.46 bits per heavy atom. The fourth-order valence-electron chi connectivity index (χ4n) is 0.901. The van der Waals surface area contributed by atoms with Gasteiger partial charge in [0.2, 0.25) is 0 Å². The molecule has 0 heterocycles. The second-order valence-electron chi connectivity index (χ2n) is 2.51. The average Bonchev–Trinajstić information content (AvgIpc) is 2.11. The molecule has 4 heteroatoms. The highest BCUT2D eigenvalue weighted by molar-refractivity contribution is 7.98. The summed E-state index contributed by atoms with van der Waals surface area (Å²) in [5.74, 6) is 1.01. The quantitative estimate of drug-likeness (QED) is 0.788. The van der Waals surface area contributed by atoms with Crippen LogP contribution in [0.1, 0.15) is 5.56 Å². The molecule has 0 bridgehead atoms. The van der Waals surface area contributed by atoms with E-state index in [9.17, 15) is 4.39 Å². The Morgan fingerprint density at radius 3 is 2.92 bits per heavy atom. The van der Waals surface area contributed by atoms with Crippen molar-refractivity contribution in [2.24, 2.45) is 0 Å². The molecule has 0 atom stereocenters. The van der Waals surface area contributed by atoms with Crippen molar-refractivity contribution >= 4 is 23.4 Å². The first kappa shape index (κ1) is 10.8. The van der Waals surface area contributed by atoms with E-state index in [2.05, 4.69) is 0 Å². The van der Waals surface area contributed by atoms with Crippen molar-refractivity contribution < 1.29 is 9.50 Å². The van der Waals surface area contributed by atoms with E-state index in [1.54, 1.807) is 6.07 Å². The lowest BCUT2D eigenvalue weighted by Gasteiger charge is -2.02. The summed E-state index contributed by atoms with van der Waals surface area (Å²) >= 11 is 7.36. The van der Waals surface area contributed by atoms with Gasteiger partial charge in [0.1, 0.15) is 5.82 Å². The van der Waals surface area contributed by atoms with E-state index in [4.69, 9.17) is 16.7 Å². The van der Waals surface area contributed by atoms with E-state index >= 15 is 0 Å². The molecule has 0 aliphatic carbocycles. The van der Waals surface area contributed by atoms with Crippen molar-refractivity contribution in [3.8, 4) is 0 Å². The molecule has 13 heavy (non-hydrogen) atoms. The first-order chi connectivity index (χ1) is 6.24. The van der Waals surface area contributed by atoms with Gasteiger partial charge in [-0.2, -0.15) is 11.8 Å². The molecule has 0 amide bonds. The number of rotatable bonds is 4. The zero-order chi connectivity index (χ0) is 9.68. The van der Waals surface area contributed by atoms with Gasteiger partial charge in [-0.15, -0.1) is 0 Å². The number of thioether (sulfide) groups is 1. The largest absolute Gasteiger partial charge is 0.396 e. The predicted molar refractivity (Wildman–Crippen MR) is 54.7 cm³/mol. The number of hydrogen-bond donors (Lipinski definition) is 1. The highest BCUT2D eigenvalue weighted by atomic mass is 35.5. The third kappa shape index (κ3) is 3.55. The molecule has 0 unspecified atom stereocenters. The number of aliphatic hydroxyl groups excluding tert-OH is 1. The smallest absolute Gasteiger partial charge is 0.123 e. The standard InChI is InChI=1S/C9H10ClFOS/c10-9-2-1-8(11)5-7(9)6-13-4-3-12/h1-2,5,12H,3-4,6H2. The Labute approximate surface area is 85.9 Å². The third-order valence-corrected chi connectivity index (χ3v) is 2.86. The van der Waals surface area contributed by atoms with E-state index in [0.29, 0.717) is 16.5 Å². The summed E-state index contributed by atoms with van der Waals surface area (Å²) in [6.45, 7) is 0.137. The summed E-state index contributed by atoms with van der Waals surface area (Å²) in [6, 6.07) is 4.31. The van der Waals surface area contributed by atoms with Crippen molar-refractivity contribution in [2.45, 2.75) is 5.75 Å². The predicted octanol–water partition coefficient (Wildman–Crippen LogP) is 2.70. The maximum absolute atomic E-state index is 12.7. The maximum Gasteiger partial charge on any atom is 0.123 e. The van der Waals surface area contributed by atoms with E-state index < -0.39 is 0 Å². The number of hydrogen-bond acceptors (Lipinski definition) is 2. The molecular weight excluding hydrogens is 211 g/mol. The summed E-state index contributed by atoms with van der Waals surface area (Å²) < 4.78 is 12.7. The van der Waals surface area contributed by atoms with Crippen LogP contribution in [-0.2, 0) is 5.75 Å². The van der Waals surface area contributed by atoms with Crippen molar-refractivity contribution in [2.75, 3.05) is 12.4 Å². The lowest BCUT2D eigenvalue weighted by molar-refractivity contribution is 0.322. The summed E-state index contributed by atoms with van der Waals surface area (Å²) in [5, 5.41) is 9.12. The Morgan fingerprint density at radius 2 is 2.23 bits per heavy atom. The Kier molecular flexibility index (Phi) is 4.56. The van der Waals surface area contributed by atoms with Crippen LogP contribution in [0.5, 0.6) is 0 Å². The summed E-state index contributed by atoms with van der Waals surface area (Å²) in [4.78, 5) is 0. The minimum atomic E-state index is -0.274. The van der Waals surface area contributed by atoms with Crippen LogP contribution >= 0.6 is 23.4 Å². The van der Waals surface area contributed by atoms with Gasteiger partial charge < -0.3 is 5.11 Å². The normalized spacial score (nSPS) is 10.4. The van der Waals surface area contributed by atoms with Gasteiger partial charge in [0.05, 0.1) is 6.61 Å². The van der Waals surface area contributed by atoms with Crippen LogP contribution in [0.4, 0.5) is 4.39 Å². The van der Waals surface area contributed by atoms with Crippen LogP contribution in [0.15, 0.2) is 18.2 Å². The van der Waals surface area contributed by atoms with Crippen LogP contribution in [0.3, 0.4) is 0 Å². The molecule has 0 aliphatic rings. The number of aliphatic hydroxyl groups is 1. The minimum Gasteiger partial charge on any atom is -0.396 e. The van der Waals surface area contributed by atoms with Crippen LogP contribution in [0.25, 0.3) is 0 Å². The first-order valence-electron chi connectivity index (χ1n) is 3.86. The molecule has 1 aromatic carbocycles. The zero-order valence-corrected chi connectivity index (χ0v) is 8.54. The molecule has 0 fully saturated rings. The maximum atomic E-state index is 12.7. The van der Waals surface area contributed by atoms with Gasteiger partial charge in [-0.1, -0.05) is 11.6 Å². The van der Waals surface area contributed by atoms with Crippen LogP contribution < -0.4 is 0 Å². The van der Waals surface area contributed by atoms with E-state index in [1.165, 1.54) is 23.9 Å². The van der Waals surface area contributed by atoms with Gasteiger partial charge in [-0.05, 0) is 23.8 Å². The molecule has 0 saturated carbocycles. The molecule has 1 nitrogen and oxygen atoms in total. The van der Waals surface area contributed by atoms with E-state index in [0.717, 1.165) is 5.56 Å². The summed E-state index contributed by atoms with van der Waals surface area (Å²) in [5.41, 5.74) is 0.778. The lowest BCUT2D eigenvalue weighted by Crippen LogP contribution is -1.89. The van der Waals surface area contributed by atoms with Gasteiger partial charge in [0.25, 0.3) is 0 Å². The van der Waals surface area contributed by atoms with Crippen molar-refractivity contribution in [1.29, 1.82) is 0 Å². The molecule has 1 aromatic rings. The van der Waals surface area contributed by atoms with Crippen LogP contribution in [0, 0.1) is 5.82 Å². The molecule has 72 valence electrons. The SMILES string of the molecule is OCCSCc1cc(F)ccc1Cl. The average molecular weight is 221 g/mol. The number of benzene rings is 1. The zero-order valence-electron chi connectivity index (χ0n) is 6.96. The van der Waals surface area contributed by atoms with Gasteiger partial charge >= 0.3 is 0 Å². The topological polar surface area (TPSA) is 20.2 Å². The molecule has 1 N–H and O–H groups in total. The first-order valence-corrected chi connectivity index (χ1v) is 5.40. The Bertz CT molecular complexity index is 280.